The van der Waals surface area contributed by atoms with Crippen molar-refractivity contribution in [3.8, 4) is 5.69 Å². The summed E-state index contributed by atoms with van der Waals surface area (Å²) in [6, 6.07) is 6.93. The minimum absolute atomic E-state index is 0.0319. The summed E-state index contributed by atoms with van der Waals surface area (Å²) >= 11 is 0. The summed E-state index contributed by atoms with van der Waals surface area (Å²) in [5.41, 5.74) is 7.45. The zero-order valence-electron chi connectivity index (χ0n) is 14.0. The molecule has 1 aromatic carbocycles. The normalized spacial score (nSPS) is 14.4. The summed E-state index contributed by atoms with van der Waals surface area (Å²) in [5.74, 6) is -0.341. The molecule has 0 unspecified atom stereocenters. The Hall–Kier alpha value is -2.87. The van der Waals surface area contributed by atoms with E-state index in [2.05, 4.69) is 5.10 Å². The minimum atomic E-state index is -0.509. The van der Waals surface area contributed by atoms with Crippen LogP contribution in [0.3, 0.4) is 0 Å². The fourth-order valence-corrected chi connectivity index (χ4v) is 2.62. The molecule has 1 fully saturated rings. The number of amides is 1. The van der Waals surface area contributed by atoms with Crippen LogP contribution in [-0.4, -0.2) is 59.5 Å². The number of nitrogens with zero attached hydrogens (tertiary/aromatic N) is 3. The van der Waals surface area contributed by atoms with Gasteiger partial charge in [-0.2, -0.15) is 5.10 Å². The van der Waals surface area contributed by atoms with Crippen molar-refractivity contribution in [1.82, 2.24) is 14.7 Å². The summed E-state index contributed by atoms with van der Waals surface area (Å²) < 4.78 is 11.6. The van der Waals surface area contributed by atoms with Gasteiger partial charge in [0.2, 0.25) is 0 Å². The van der Waals surface area contributed by atoms with E-state index < -0.39 is 5.97 Å². The predicted octanol–water partition coefficient (Wildman–Crippen LogP) is 1.10. The van der Waals surface area contributed by atoms with Crippen molar-refractivity contribution in [2.24, 2.45) is 0 Å². The van der Waals surface area contributed by atoms with E-state index in [4.69, 9.17) is 15.2 Å². The third kappa shape index (κ3) is 3.48. The van der Waals surface area contributed by atoms with Gasteiger partial charge in [-0.25, -0.2) is 9.48 Å². The highest BCUT2D eigenvalue weighted by Crippen LogP contribution is 2.19. The number of aromatic nitrogens is 2. The van der Waals surface area contributed by atoms with Gasteiger partial charge >= 0.3 is 5.97 Å². The molecule has 132 valence electrons. The van der Waals surface area contributed by atoms with Crippen LogP contribution >= 0.6 is 0 Å². The smallest absolute Gasteiger partial charge is 0.343 e. The first kappa shape index (κ1) is 17.0. The number of hydrogen-bond donors (Lipinski definition) is 1. The summed E-state index contributed by atoms with van der Waals surface area (Å²) in [5, 5.41) is 4.13. The molecule has 25 heavy (non-hydrogen) atoms. The zero-order valence-corrected chi connectivity index (χ0v) is 14.0. The second-order valence-electron chi connectivity index (χ2n) is 5.53. The second-order valence-corrected chi connectivity index (χ2v) is 5.53. The van der Waals surface area contributed by atoms with E-state index >= 15 is 0 Å². The van der Waals surface area contributed by atoms with Crippen molar-refractivity contribution in [3.05, 3.63) is 41.6 Å². The van der Waals surface area contributed by atoms with Crippen LogP contribution in [0.15, 0.2) is 30.5 Å². The number of esters is 1. The number of ether oxygens (including phenoxy) is 2. The van der Waals surface area contributed by atoms with Gasteiger partial charge < -0.3 is 20.1 Å². The second kappa shape index (κ2) is 7.35. The summed E-state index contributed by atoms with van der Waals surface area (Å²) in [6.45, 7) is 4.30. The minimum Gasteiger partial charge on any atom is -0.462 e. The number of nitrogens with two attached hydrogens (primary N) is 1. The van der Waals surface area contributed by atoms with Crippen LogP contribution in [0, 0.1) is 0 Å². The summed E-state index contributed by atoms with van der Waals surface area (Å²) in [6.07, 6.45) is 1.38. The van der Waals surface area contributed by atoms with E-state index in [-0.39, 0.29) is 23.9 Å². The number of benzene rings is 1. The van der Waals surface area contributed by atoms with Crippen LogP contribution in [-0.2, 0) is 9.47 Å². The number of nitrogen functional groups attached to an aromatic ring is 1. The Morgan fingerprint density at radius 3 is 2.56 bits per heavy atom. The quantitative estimate of drug-likeness (QED) is 0.834. The first-order valence-electron chi connectivity index (χ1n) is 8.10. The van der Waals surface area contributed by atoms with Crippen LogP contribution in [0.2, 0.25) is 0 Å². The maximum atomic E-state index is 12.4. The Labute approximate surface area is 145 Å². The molecule has 2 heterocycles. The molecule has 0 radical (unpaired) electrons. The Balaban J connectivity index is 1.78. The highest BCUT2D eigenvalue weighted by Gasteiger charge is 2.20. The van der Waals surface area contributed by atoms with Gasteiger partial charge in [-0.1, -0.05) is 0 Å². The molecule has 3 rings (SSSR count). The molecule has 0 saturated carbocycles. The van der Waals surface area contributed by atoms with Gasteiger partial charge in [0.05, 0.1) is 31.7 Å². The van der Waals surface area contributed by atoms with E-state index in [1.807, 2.05) is 0 Å². The number of rotatable bonds is 4. The average Bonchev–Trinajstić information content (AvgIpc) is 3.04. The molecule has 1 aromatic heterocycles. The molecule has 8 heteroatoms. The average molecular weight is 344 g/mol. The predicted molar refractivity (Wildman–Crippen MR) is 90.7 cm³/mol. The number of carbonyl (C=O) groups is 2. The molecule has 0 bridgehead atoms. The van der Waals surface area contributed by atoms with E-state index in [0.29, 0.717) is 37.6 Å². The van der Waals surface area contributed by atoms with Crippen LogP contribution in [0.5, 0.6) is 0 Å². The van der Waals surface area contributed by atoms with Gasteiger partial charge in [-0.3, -0.25) is 4.79 Å². The Kier molecular flexibility index (Phi) is 4.99. The molecule has 0 spiro atoms. The molecule has 1 amide bonds. The van der Waals surface area contributed by atoms with Crippen molar-refractivity contribution < 1.29 is 19.1 Å². The number of hydrogen-bond acceptors (Lipinski definition) is 6. The molecule has 2 N–H and O–H groups in total. The fraction of sp³-hybridized carbons (Fsp3) is 0.353. The van der Waals surface area contributed by atoms with E-state index in [1.54, 1.807) is 36.1 Å². The van der Waals surface area contributed by atoms with Crippen LogP contribution < -0.4 is 5.73 Å². The van der Waals surface area contributed by atoms with Crippen LogP contribution in [0.25, 0.3) is 5.69 Å². The van der Waals surface area contributed by atoms with Gasteiger partial charge in [-0.15, -0.1) is 0 Å². The SMILES string of the molecule is CCOC(=O)c1cnn(-c2ccc(C(=O)N3CCOCC3)cc2)c1N. The zero-order chi connectivity index (χ0) is 17.8. The van der Waals surface area contributed by atoms with E-state index in [1.165, 1.54) is 10.9 Å². The van der Waals surface area contributed by atoms with Crippen molar-refractivity contribution in [3.63, 3.8) is 0 Å². The highest BCUT2D eigenvalue weighted by molar-refractivity contribution is 5.95. The largest absolute Gasteiger partial charge is 0.462 e. The van der Waals surface area contributed by atoms with Crippen LogP contribution in [0.4, 0.5) is 5.82 Å². The summed E-state index contributed by atoms with van der Waals surface area (Å²) in [4.78, 5) is 26.0. The third-order valence-electron chi connectivity index (χ3n) is 3.96. The maximum absolute atomic E-state index is 12.4. The van der Waals surface area contributed by atoms with Crippen molar-refractivity contribution >= 4 is 17.7 Å². The number of morpholine rings is 1. The Morgan fingerprint density at radius 1 is 1.24 bits per heavy atom. The van der Waals surface area contributed by atoms with Crippen molar-refractivity contribution in [1.29, 1.82) is 0 Å². The standard InChI is InChI=1S/C17H20N4O4/c1-2-25-17(23)14-11-19-21(15(14)18)13-5-3-12(4-6-13)16(22)20-7-9-24-10-8-20/h3-6,11H,2,7-10,18H2,1H3. The maximum Gasteiger partial charge on any atom is 0.343 e. The van der Waals surface area contributed by atoms with Gasteiger partial charge in [-0.05, 0) is 31.2 Å². The number of carbonyl (C=O) groups excluding carboxylic acids is 2. The molecule has 2 aromatic rings. The van der Waals surface area contributed by atoms with Crippen LogP contribution in [0.1, 0.15) is 27.6 Å². The highest BCUT2D eigenvalue weighted by atomic mass is 16.5. The topological polar surface area (TPSA) is 99.7 Å². The molecule has 0 aliphatic carbocycles. The fourth-order valence-electron chi connectivity index (χ4n) is 2.62. The first-order chi connectivity index (χ1) is 12.1. The molecular weight excluding hydrogens is 324 g/mol. The molecule has 0 atom stereocenters. The molecule has 1 aliphatic rings. The Morgan fingerprint density at radius 2 is 1.92 bits per heavy atom. The van der Waals surface area contributed by atoms with Gasteiger partial charge in [0.25, 0.3) is 5.91 Å². The molecule has 1 aliphatic heterocycles. The lowest BCUT2D eigenvalue weighted by atomic mass is 10.1. The summed E-state index contributed by atoms with van der Waals surface area (Å²) in [7, 11) is 0. The van der Waals surface area contributed by atoms with Gasteiger partial charge in [0.1, 0.15) is 11.4 Å². The van der Waals surface area contributed by atoms with E-state index in [0.717, 1.165) is 0 Å². The van der Waals surface area contributed by atoms with E-state index in [9.17, 15) is 9.59 Å². The van der Waals surface area contributed by atoms with Gasteiger partial charge in [0.15, 0.2) is 0 Å². The third-order valence-corrected chi connectivity index (χ3v) is 3.96. The van der Waals surface area contributed by atoms with Crippen molar-refractivity contribution in [2.75, 3.05) is 38.6 Å². The number of anilines is 1. The molecule has 1 saturated heterocycles. The lowest BCUT2D eigenvalue weighted by molar-refractivity contribution is 0.0303. The van der Waals surface area contributed by atoms with Crippen molar-refractivity contribution in [2.45, 2.75) is 6.92 Å². The lowest BCUT2D eigenvalue weighted by Gasteiger charge is -2.26. The molecular formula is C17H20N4O4. The molecule has 8 nitrogen and oxygen atoms in total. The van der Waals surface area contributed by atoms with Gasteiger partial charge in [0, 0.05) is 18.7 Å². The lowest BCUT2D eigenvalue weighted by Crippen LogP contribution is -2.40. The monoisotopic (exact) mass is 344 g/mol. The first-order valence-corrected chi connectivity index (χ1v) is 8.10. The Bertz CT molecular complexity index is 763.